The van der Waals surface area contributed by atoms with Crippen molar-refractivity contribution in [2.75, 3.05) is 19.0 Å². The molecule has 0 fully saturated rings. The van der Waals surface area contributed by atoms with Crippen LogP contribution in [0, 0.1) is 17.0 Å². The van der Waals surface area contributed by atoms with Crippen molar-refractivity contribution in [3.63, 3.8) is 0 Å². The second-order valence-electron chi connectivity index (χ2n) is 9.57. The Hall–Kier alpha value is -2.51. The summed E-state index contributed by atoms with van der Waals surface area (Å²) in [6.07, 6.45) is 0. The summed E-state index contributed by atoms with van der Waals surface area (Å²) in [5.74, 6) is 0. The number of non-ortho nitro benzene ring substituents is 1. The average molecular weight is 795 g/mol. The van der Waals surface area contributed by atoms with E-state index in [0.717, 1.165) is 42.8 Å². The van der Waals surface area contributed by atoms with Gasteiger partial charge in [-0.05, 0) is 77.6 Å². The number of nitro benzene ring substituents is 1. The molecule has 3 aromatic carbocycles. The zero-order chi connectivity index (χ0) is 34.0. The molecule has 0 unspecified atom stereocenters. The summed E-state index contributed by atoms with van der Waals surface area (Å²) in [7, 11) is 3.92. The van der Waals surface area contributed by atoms with Crippen molar-refractivity contribution in [3.8, 4) is 0 Å². The lowest BCUT2D eigenvalue weighted by Crippen LogP contribution is -2.07. The number of rotatable bonds is 5. The van der Waals surface area contributed by atoms with Crippen LogP contribution >= 0.6 is 104 Å². The summed E-state index contributed by atoms with van der Waals surface area (Å²) >= 11 is 37.9. The monoisotopic (exact) mass is 792 g/mol. The number of nitrogens with zero attached hydrogens (tertiary/aromatic N) is 2. The molecule has 0 spiro atoms. The molecule has 0 aliphatic rings. The maximum atomic E-state index is 11.1. The van der Waals surface area contributed by atoms with Gasteiger partial charge in [-0.3, -0.25) is 24.5 Å². The van der Waals surface area contributed by atoms with Gasteiger partial charge in [-0.1, -0.05) is 46.9 Å². The summed E-state index contributed by atoms with van der Waals surface area (Å²) in [5.41, 5.74) is 2.17. The van der Waals surface area contributed by atoms with E-state index in [-0.39, 0.29) is 15.6 Å². The summed E-state index contributed by atoms with van der Waals surface area (Å²) in [6, 6.07) is 15.9. The minimum Gasteiger partial charge on any atom is -0.378 e. The van der Waals surface area contributed by atoms with Gasteiger partial charge in [-0.2, -0.15) is 0 Å². The maximum Gasteiger partial charge on any atom is 0.270 e. The van der Waals surface area contributed by atoms with Gasteiger partial charge in [0.05, 0.1) is 20.0 Å². The first-order chi connectivity index (χ1) is 21.6. The van der Waals surface area contributed by atoms with Crippen LogP contribution in [0.25, 0.3) is 30.3 Å². The standard InChI is InChI=1S/C11H9Cl2NOS.C10H6Cl2OS.C9H3Cl2NO3S/c1-14(2)6-3-4-7-8(5-6)16-10(9(7)12)11(13)15;1-5-2-3-6-7(4-5)14-9(8(6)11)10(12)13;10-7-5-2-1-4(12(14)15)3-6(5)16-8(7)9(11)13/h3-5H,1-2H3;2-4H,1H3;1-3H. The number of hydrogen-bond acceptors (Lipinski definition) is 9. The highest BCUT2D eigenvalue weighted by atomic mass is 35.5. The number of halogens is 6. The minimum atomic E-state index is -0.658. The first-order valence-electron chi connectivity index (χ1n) is 12.6. The summed E-state index contributed by atoms with van der Waals surface area (Å²) in [6.45, 7) is 2.00. The molecule has 0 N–H and O–H groups in total. The Bertz CT molecular complexity index is 2170. The van der Waals surface area contributed by atoms with Gasteiger partial charge in [0.2, 0.25) is 0 Å². The summed E-state index contributed by atoms with van der Waals surface area (Å²) < 4.78 is 2.54. The van der Waals surface area contributed by atoms with E-state index in [1.807, 2.05) is 62.3 Å². The van der Waals surface area contributed by atoms with Crippen LogP contribution < -0.4 is 4.90 Å². The van der Waals surface area contributed by atoms with Crippen molar-refractivity contribution in [1.29, 1.82) is 0 Å². The third-order valence-electron chi connectivity index (χ3n) is 6.27. The molecular formula is C30H18Cl6N2O5S3. The largest absolute Gasteiger partial charge is 0.378 e. The molecule has 3 aromatic heterocycles. The Labute approximate surface area is 303 Å². The molecule has 0 bridgehead atoms. The lowest BCUT2D eigenvalue weighted by molar-refractivity contribution is -0.384. The molecule has 46 heavy (non-hydrogen) atoms. The molecule has 0 radical (unpaired) electrons. The third kappa shape index (κ3) is 7.95. The van der Waals surface area contributed by atoms with Crippen molar-refractivity contribution in [2.24, 2.45) is 0 Å². The average Bonchev–Trinajstić information content (AvgIpc) is 3.63. The molecule has 6 rings (SSSR count). The number of thiophene rings is 3. The number of anilines is 1. The van der Waals surface area contributed by atoms with E-state index in [9.17, 15) is 24.5 Å². The Morgan fingerprint density at radius 3 is 1.46 bits per heavy atom. The molecule has 0 aliphatic heterocycles. The van der Waals surface area contributed by atoms with Crippen LogP contribution in [0.4, 0.5) is 11.4 Å². The zero-order valence-corrected chi connectivity index (χ0v) is 30.6. The summed E-state index contributed by atoms with van der Waals surface area (Å²) in [4.78, 5) is 46.2. The smallest absolute Gasteiger partial charge is 0.270 e. The highest BCUT2D eigenvalue weighted by molar-refractivity contribution is 7.24. The first kappa shape index (κ1) is 36.3. The fourth-order valence-electron chi connectivity index (χ4n) is 4.05. The van der Waals surface area contributed by atoms with E-state index < -0.39 is 20.7 Å². The van der Waals surface area contributed by atoms with Crippen molar-refractivity contribution < 1.29 is 19.3 Å². The third-order valence-corrected chi connectivity index (χ3v) is 12.1. The topological polar surface area (TPSA) is 97.6 Å². The molecule has 0 saturated heterocycles. The van der Waals surface area contributed by atoms with E-state index in [2.05, 4.69) is 0 Å². The van der Waals surface area contributed by atoms with Crippen molar-refractivity contribution in [3.05, 3.63) is 100.0 Å². The van der Waals surface area contributed by atoms with Crippen molar-refractivity contribution in [1.82, 2.24) is 0 Å². The van der Waals surface area contributed by atoms with Crippen molar-refractivity contribution >= 4 is 161 Å². The molecule has 16 heteroatoms. The van der Waals surface area contributed by atoms with E-state index >= 15 is 0 Å². The van der Waals surface area contributed by atoms with Crippen LogP contribution in [0.1, 0.15) is 34.6 Å². The number of fused-ring (bicyclic) bond motifs is 3. The highest BCUT2D eigenvalue weighted by Crippen LogP contribution is 2.39. The first-order valence-corrected chi connectivity index (χ1v) is 17.4. The van der Waals surface area contributed by atoms with Gasteiger partial charge in [0.25, 0.3) is 21.4 Å². The fraction of sp³-hybridized carbons (Fsp3) is 0.100. The Kier molecular flexibility index (Phi) is 12.0. The molecular weight excluding hydrogens is 777 g/mol. The molecule has 0 aliphatic carbocycles. The van der Waals surface area contributed by atoms with Crippen LogP contribution in [-0.4, -0.2) is 34.7 Å². The number of aryl methyl sites for hydroxylation is 1. The molecule has 238 valence electrons. The Morgan fingerprint density at radius 1 is 0.652 bits per heavy atom. The second-order valence-corrected chi connectivity index (χ2v) is 14.9. The lowest BCUT2D eigenvalue weighted by Gasteiger charge is -2.11. The van der Waals surface area contributed by atoms with Crippen LogP contribution in [0.5, 0.6) is 0 Å². The predicted octanol–water partition coefficient (Wildman–Crippen LogP) is 12.1. The quantitative estimate of drug-likeness (QED) is 0.0979. The number of carbonyl (C=O) groups is 3. The Balaban J connectivity index is 0.000000157. The molecule has 3 heterocycles. The van der Waals surface area contributed by atoms with Gasteiger partial charge in [-0.25, -0.2) is 0 Å². The van der Waals surface area contributed by atoms with Gasteiger partial charge in [-0.15, -0.1) is 34.0 Å². The molecule has 0 saturated carbocycles. The fourth-order valence-corrected chi connectivity index (χ4v) is 9.04. The van der Waals surface area contributed by atoms with Crippen molar-refractivity contribution in [2.45, 2.75) is 6.92 Å². The molecule has 0 atom stereocenters. The number of benzene rings is 3. The number of carbonyl (C=O) groups excluding carboxylic acids is 3. The lowest BCUT2D eigenvalue weighted by atomic mass is 10.2. The number of nitro groups is 1. The van der Waals surface area contributed by atoms with Gasteiger partial charge in [0, 0.05) is 62.2 Å². The normalized spacial score (nSPS) is 10.7. The molecule has 6 aromatic rings. The van der Waals surface area contributed by atoms with Crippen LogP contribution in [0.2, 0.25) is 15.1 Å². The SMILES string of the molecule is CN(C)c1ccc2c(Cl)c(C(=O)Cl)sc2c1.Cc1ccc2c(Cl)c(C(=O)Cl)sc2c1.O=C(Cl)c1sc2cc([N+](=O)[O-])ccc2c1Cl. The van der Waals surface area contributed by atoms with Gasteiger partial charge in [0.15, 0.2) is 0 Å². The molecule has 7 nitrogen and oxygen atoms in total. The van der Waals surface area contributed by atoms with Crippen LogP contribution in [0.3, 0.4) is 0 Å². The minimum absolute atomic E-state index is 0.0426. The number of hydrogen-bond donors (Lipinski definition) is 0. The van der Waals surface area contributed by atoms with Crippen LogP contribution in [-0.2, 0) is 0 Å². The van der Waals surface area contributed by atoms with Gasteiger partial charge < -0.3 is 4.90 Å². The highest BCUT2D eigenvalue weighted by Gasteiger charge is 2.18. The van der Waals surface area contributed by atoms with Gasteiger partial charge >= 0.3 is 0 Å². The van der Waals surface area contributed by atoms with Crippen LogP contribution in [0.15, 0.2) is 54.6 Å². The second kappa shape index (κ2) is 15.1. The predicted molar refractivity (Wildman–Crippen MR) is 197 cm³/mol. The maximum absolute atomic E-state index is 11.1. The summed E-state index contributed by atoms with van der Waals surface area (Å²) in [5, 5.41) is 12.4. The van der Waals surface area contributed by atoms with E-state index in [1.54, 1.807) is 0 Å². The Morgan fingerprint density at radius 2 is 1.04 bits per heavy atom. The van der Waals surface area contributed by atoms with E-state index in [0.29, 0.717) is 29.9 Å². The zero-order valence-electron chi connectivity index (χ0n) is 23.6. The van der Waals surface area contributed by atoms with E-state index in [4.69, 9.17) is 69.6 Å². The molecule has 0 amide bonds. The van der Waals surface area contributed by atoms with E-state index in [1.165, 1.54) is 40.9 Å². The van der Waals surface area contributed by atoms with Gasteiger partial charge in [0.1, 0.15) is 14.6 Å².